The largest absolute Gasteiger partial charge is 0.380 e. The third kappa shape index (κ3) is 1.85. The Morgan fingerprint density at radius 3 is 2.58 bits per heavy atom. The summed E-state index contributed by atoms with van der Waals surface area (Å²) in [5, 5.41) is 0.965. The molecule has 0 atom stereocenters. The molecular formula is C9H8NO2. The summed E-state index contributed by atoms with van der Waals surface area (Å²) >= 11 is 0. The highest BCUT2D eigenvalue weighted by molar-refractivity contribution is 5.72. The average Bonchev–Trinajstić information content (AvgIpc) is 2.15. The van der Waals surface area contributed by atoms with Crippen molar-refractivity contribution >= 4 is 12.1 Å². The topological polar surface area (TPSA) is 29.5 Å². The van der Waals surface area contributed by atoms with E-state index in [1.54, 1.807) is 30.7 Å². The van der Waals surface area contributed by atoms with E-state index >= 15 is 0 Å². The van der Waals surface area contributed by atoms with Gasteiger partial charge in [-0.05, 0) is 12.1 Å². The van der Waals surface area contributed by atoms with E-state index in [0.717, 1.165) is 11.3 Å². The molecule has 0 aliphatic rings. The lowest BCUT2D eigenvalue weighted by Gasteiger charge is -2.12. The number of nitrogens with zero attached hydrogens (tertiary/aromatic N) is 1. The number of hydrogen-bond donors (Lipinski definition) is 0. The average molecular weight is 162 g/mol. The van der Waals surface area contributed by atoms with Crippen molar-refractivity contribution in [2.75, 3.05) is 5.06 Å². The molecule has 1 amide bonds. The Kier molecular flexibility index (Phi) is 2.90. The highest BCUT2D eigenvalue weighted by Gasteiger charge is 2.03. The first-order chi connectivity index (χ1) is 5.88. The van der Waals surface area contributed by atoms with Gasteiger partial charge < -0.3 is 4.84 Å². The van der Waals surface area contributed by atoms with E-state index in [0.29, 0.717) is 5.69 Å². The van der Waals surface area contributed by atoms with Crippen LogP contribution in [0.15, 0.2) is 43.2 Å². The van der Waals surface area contributed by atoms with Gasteiger partial charge in [0.2, 0.25) is 0 Å². The molecule has 12 heavy (non-hydrogen) atoms. The third-order valence-electron chi connectivity index (χ3n) is 1.25. The zero-order chi connectivity index (χ0) is 8.81. The van der Waals surface area contributed by atoms with Crippen LogP contribution in [0.3, 0.4) is 0 Å². The molecule has 1 aromatic carbocycles. The van der Waals surface area contributed by atoms with Crippen molar-refractivity contribution in [1.82, 2.24) is 0 Å². The van der Waals surface area contributed by atoms with Gasteiger partial charge in [0.25, 0.3) is 0 Å². The van der Waals surface area contributed by atoms with Gasteiger partial charge in [-0.2, -0.15) is 0 Å². The predicted octanol–water partition coefficient (Wildman–Crippen LogP) is 1.64. The molecule has 0 spiro atoms. The molecule has 1 rings (SSSR count). The lowest BCUT2D eigenvalue weighted by molar-refractivity contribution is 0.259. The predicted molar refractivity (Wildman–Crippen MR) is 45.9 cm³/mol. The van der Waals surface area contributed by atoms with Gasteiger partial charge in [-0.25, -0.2) is 0 Å². The number of anilines is 1. The molecule has 0 heterocycles. The minimum atomic E-state index is 0.618. The summed E-state index contributed by atoms with van der Waals surface area (Å²) in [4.78, 5) is 15.1. The Morgan fingerprint density at radius 2 is 2.08 bits per heavy atom. The van der Waals surface area contributed by atoms with Crippen LogP contribution in [0, 0.1) is 0 Å². The Hall–Kier alpha value is -1.77. The Bertz CT molecular complexity index is 258. The highest BCUT2D eigenvalue weighted by atomic mass is 16.7. The van der Waals surface area contributed by atoms with Gasteiger partial charge in [0.15, 0.2) is 0 Å². The molecule has 0 aromatic heterocycles. The zero-order valence-electron chi connectivity index (χ0n) is 6.43. The first-order valence-corrected chi connectivity index (χ1v) is 3.39. The molecule has 1 radical (unpaired) electrons. The van der Waals surface area contributed by atoms with Gasteiger partial charge in [-0.15, -0.1) is 5.06 Å². The van der Waals surface area contributed by atoms with E-state index < -0.39 is 0 Å². The van der Waals surface area contributed by atoms with Crippen molar-refractivity contribution in [2.24, 2.45) is 0 Å². The van der Waals surface area contributed by atoms with Crippen LogP contribution in [0.4, 0.5) is 5.69 Å². The van der Waals surface area contributed by atoms with Crippen molar-refractivity contribution in [3.63, 3.8) is 0 Å². The Morgan fingerprint density at radius 1 is 1.42 bits per heavy atom. The maximum atomic E-state index is 10.3. The van der Waals surface area contributed by atoms with Crippen molar-refractivity contribution in [3.05, 3.63) is 43.2 Å². The minimum Gasteiger partial charge on any atom is -0.380 e. The molecule has 0 saturated carbocycles. The SMILES string of the molecule is C=CON([C]=O)c1ccccc1. The molecule has 0 fully saturated rings. The summed E-state index contributed by atoms with van der Waals surface area (Å²) in [6, 6.07) is 8.90. The number of rotatable bonds is 4. The fraction of sp³-hybridized carbons (Fsp3) is 0. The minimum absolute atomic E-state index is 0.618. The molecule has 61 valence electrons. The number of benzene rings is 1. The van der Waals surface area contributed by atoms with Crippen LogP contribution < -0.4 is 5.06 Å². The number of amides is 1. The van der Waals surface area contributed by atoms with Crippen molar-refractivity contribution < 1.29 is 9.63 Å². The standard InChI is InChI=1S/C9H8NO2/c1-2-12-10(8-11)9-6-4-3-5-7-9/h2-7H,1H2. The normalized spacial score (nSPS) is 8.67. The summed E-state index contributed by atoms with van der Waals surface area (Å²) < 4.78 is 0. The second-order valence-electron chi connectivity index (χ2n) is 1.99. The first-order valence-electron chi connectivity index (χ1n) is 3.39. The summed E-state index contributed by atoms with van der Waals surface area (Å²) in [5.74, 6) is 0. The summed E-state index contributed by atoms with van der Waals surface area (Å²) in [6.45, 7) is 3.33. The molecule has 0 aliphatic heterocycles. The fourth-order valence-corrected chi connectivity index (χ4v) is 0.773. The summed E-state index contributed by atoms with van der Waals surface area (Å²) in [7, 11) is 0. The van der Waals surface area contributed by atoms with E-state index in [9.17, 15) is 4.79 Å². The molecule has 0 saturated heterocycles. The van der Waals surface area contributed by atoms with E-state index in [1.807, 2.05) is 6.07 Å². The molecule has 0 unspecified atom stereocenters. The van der Waals surface area contributed by atoms with Crippen LogP contribution in [0.1, 0.15) is 0 Å². The fourth-order valence-electron chi connectivity index (χ4n) is 0.773. The molecule has 0 N–H and O–H groups in total. The molecule has 1 aromatic rings. The Labute approximate surface area is 70.8 Å². The van der Waals surface area contributed by atoms with Crippen LogP contribution in [0.5, 0.6) is 0 Å². The maximum absolute atomic E-state index is 10.3. The zero-order valence-corrected chi connectivity index (χ0v) is 6.43. The van der Waals surface area contributed by atoms with Crippen molar-refractivity contribution in [3.8, 4) is 0 Å². The highest BCUT2D eigenvalue weighted by Crippen LogP contribution is 2.11. The van der Waals surface area contributed by atoms with Gasteiger partial charge in [0.05, 0.1) is 5.69 Å². The monoisotopic (exact) mass is 162 g/mol. The molecule has 3 heteroatoms. The molecule has 0 aliphatic carbocycles. The first kappa shape index (κ1) is 8.33. The Balaban J connectivity index is 2.79. The van der Waals surface area contributed by atoms with Gasteiger partial charge in [-0.1, -0.05) is 24.8 Å². The van der Waals surface area contributed by atoms with E-state index in [1.165, 1.54) is 0 Å². The second kappa shape index (κ2) is 4.18. The number of carbonyl (C=O) groups excluding carboxylic acids is 1. The molecular weight excluding hydrogens is 154 g/mol. The van der Waals surface area contributed by atoms with Crippen LogP contribution in [0.2, 0.25) is 0 Å². The van der Waals surface area contributed by atoms with Crippen LogP contribution in [-0.4, -0.2) is 6.41 Å². The van der Waals surface area contributed by atoms with Gasteiger partial charge in [0, 0.05) is 0 Å². The maximum Gasteiger partial charge on any atom is 0.352 e. The third-order valence-corrected chi connectivity index (χ3v) is 1.25. The van der Waals surface area contributed by atoms with Gasteiger partial charge in [-0.3, -0.25) is 4.79 Å². The van der Waals surface area contributed by atoms with Crippen LogP contribution >= 0.6 is 0 Å². The summed E-state index contributed by atoms with van der Waals surface area (Å²) in [6.07, 6.45) is 2.77. The van der Waals surface area contributed by atoms with Crippen molar-refractivity contribution in [1.29, 1.82) is 0 Å². The number of hydroxylamine groups is 1. The quantitative estimate of drug-likeness (QED) is 0.382. The number of hydrogen-bond acceptors (Lipinski definition) is 2. The van der Waals surface area contributed by atoms with Gasteiger partial charge >= 0.3 is 6.41 Å². The van der Waals surface area contributed by atoms with Crippen LogP contribution in [0.25, 0.3) is 0 Å². The molecule has 3 nitrogen and oxygen atoms in total. The lowest BCUT2D eigenvalue weighted by atomic mass is 10.3. The molecule has 0 bridgehead atoms. The van der Waals surface area contributed by atoms with E-state index in [-0.39, 0.29) is 0 Å². The smallest absolute Gasteiger partial charge is 0.352 e. The van der Waals surface area contributed by atoms with Gasteiger partial charge in [0.1, 0.15) is 6.26 Å². The van der Waals surface area contributed by atoms with E-state index in [4.69, 9.17) is 4.84 Å². The lowest BCUT2D eigenvalue weighted by Crippen LogP contribution is -2.17. The summed E-state index contributed by atoms with van der Waals surface area (Å²) in [5.41, 5.74) is 0.618. The van der Waals surface area contributed by atoms with Crippen molar-refractivity contribution in [2.45, 2.75) is 0 Å². The number of para-hydroxylation sites is 1. The second-order valence-corrected chi connectivity index (χ2v) is 1.99. The van der Waals surface area contributed by atoms with Crippen LogP contribution in [-0.2, 0) is 9.63 Å². The van der Waals surface area contributed by atoms with E-state index in [2.05, 4.69) is 6.58 Å².